The average molecular weight is 205 g/mol. The number of hydrogen-bond acceptors (Lipinski definition) is 1. The fraction of sp³-hybridized carbons (Fsp3) is 0.462. The molecule has 1 unspecified atom stereocenters. The summed E-state index contributed by atoms with van der Waals surface area (Å²) in [5.41, 5.74) is 6.51. The Bertz CT molecular complexity index is 324. The molecule has 0 bridgehead atoms. The molecule has 1 atom stereocenters. The first-order chi connectivity index (χ1) is 6.91. The van der Waals surface area contributed by atoms with Crippen LogP contribution < -0.4 is 5.73 Å². The van der Waals surface area contributed by atoms with Crippen molar-refractivity contribution in [2.45, 2.75) is 27.2 Å². The van der Waals surface area contributed by atoms with E-state index < -0.39 is 0 Å². The lowest BCUT2D eigenvalue weighted by Crippen LogP contribution is -2.35. The molecule has 0 heterocycles. The van der Waals surface area contributed by atoms with Gasteiger partial charge < -0.3 is 5.73 Å². The van der Waals surface area contributed by atoms with E-state index in [1.54, 1.807) is 0 Å². The fourth-order valence-electron chi connectivity index (χ4n) is 1.68. The molecule has 1 aromatic rings. The maximum Gasteiger partial charge on any atom is 0.221 e. The van der Waals surface area contributed by atoms with Gasteiger partial charge >= 0.3 is 0 Å². The zero-order chi connectivity index (χ0) is 11.5. The highest BCUT2D eigenvalue weighted by Crippen LogP contribution is 2.28. The Morgan fingerprint density at radius 1 is 1.27 bits per heavy atom. The molecule has 0 saturated heterocycles. The Balaban J connectivity index is 2.82. The molecule has 2 nitrogen and oxygen atoms in total. The highest BCUT2D eigenvalue weighted by molar-refractivity contribution is 5.77. The number of primary amides is 1. The Kier molecular flexibility index (Phi) is 3.51. The van der Waals surface area contributed by atoms with Crippen LogP contribution in [-0.2, 0) is 11.2 Å². The molecule has 0 aliphatic carbocycles. The lowest BCUT2D eigenvalue weighted by molar-refractivity contribution is -0.124. The summed E-state index contributed by atoms with van der Waals surface area (Å²) in [6.07, 6.45) is 0.722. The summed E-state index contributed by atoms with van der Waals surface area (Å²) >= 11 is 0. The van der Waals surface area contributed by atoms with Crippen molar-refractivity contribution >= 4 is 5.91 Å². The quantitative estimate of drug-likeness (QED) is 0.808. The molecule has 82 valence electrons. The first-order valence-corrected chi connectivity index (χ1v) is 5.24. The van der Waals surface area contributed by atoms with Gasteiger partial charge in [-0.15, -0.1) is 0 Å². The van der Waals surface area contributed by atoms with Gasteiger partial charge in [0, 0.05) is 5.92 Å². The van der Waals surface area contributed by atoms with Gasteiger partial charge in [-0.25, -0.2) is 0 Å². The normalized spacial score (nSPS) is 13.5. The molecule has 1 rings (SSSR count). The number of carbonyl (C=O) groups is 1. The van der Waals surface area contributed by atoms with Gasteiger partial charge in [0.15, 0.2) is 0 Å². The molecular weight excluding hydrogens is 186 g/mol. The van der Waals surface area contributed by atoms with Crippen LogP contribution in [0.5, 0.6) is 0 Å². The molecule has 0 spiro atoms. The van der Waals surface area contributed by atoms with Gasteiger partial charge in [-0.05, 0) is 17.4 Å². The van der Waals surface area contributed by atoms with E-state index >= 15 is 0 Å². The maximum atomic E-state index is 11.4. The highest BCUT2D eigenvalue weighted by Gasteiger charge is 2.29. The van der Waals surface area contributed by atoms with Gasteiger partial charge in [-0.2, -0.15) is 0 Å². The van der Waals surface area contributed by atoms with Gasteiger partial charge in [0.05, 0.1) is 0 Å². The summed E-state index contributed by atoms with van der Waals surface area (Å²) in [5.74, 6) is -0.328. The van der Waals surface area contributed by atoms with Crippen molar-refractivity contribution in [1.82, 2.24) is 0 Å². The predicted molar refractivity (Wildman–Crippen MR) is 62.3 cm³/mol. The van der Waals surface area contributed by atoms with E-state index in [1.807, 2.05) is 51.1 Å². The van der Waals surface area contributed by atoms with Gasteiger partial charge in [0.1, 0.15) is 0 Å². The molecule has 0 aliphatic heterocycles. The van der Waals surface area contributed by atoms with Crippen LogP contribution in [0.2, 0.25) is 0 Å². The fourth-order valence-corrected chi connectivity index (χ4v) is 1.68. The number of hydrogen-bond donors (Lipinski definition) is 1. The number of amides is 1. The minimum Gasteiger partial charge on any atom is -0.369 e. The van der Waals surface area contributed by atoms with Crippen molar-refractivity contribution in [3.63, 3.8) is 0 Å². The van der Waals surface area contributed by atoms with Crippen molar-refractivity contribution in [3.8, 4) is 0 Å². The summed E-state index contributed by atoms with van der Waals surface area (Å²) in [5, 5.41) is 0. The van der Waals surface area contributed by atoms with E-state index in [1.165, 1.54) is 0 Å². The monoisotopic (exact) mass is 205 g/mol. The van der Waals surface area contributed by atoms with E-state index in [0.29, 0.717) is 0 Å². The second-order valence-corrected chi connectivity index (χ2v) is 5.01. The minimum absolute atomic E-state index is 0.0817. The number of nitrogens with two attached hydrogens (primary N) is 1. The third-order valence-corrected chi connectivity index (χ3v) is 2.67. The van der Waals surface area contributed by atoms with Crippen molar-refractivity contribution in [3.05, 3.63) is 35.9 Å². The van der Waals surface area contributed by atoms with Crippen LogP contribution in [-0.4, -0.2) is 5.91 Å². The van der Waals surface area contributed by atoms with Crippen LogP contribution in [0.25, 0.3) is 0 Å². The first kappa shape index (κ1) is 11.8. The molecule has 2 heteroatoms. The largest absolute Gasteiger partial charge is 0.369 e. The molecule has 0 saturated carbocycles. The van der Waals surface area contributed by atoms with Crippen molar-refractivity contribution < 1.29 is 4.79 Å². The zero-order valence-electron chi connectivity index (χ0n) is 9.66. The Morgan fingerprint density at radius 2 is 1.80 bits per heavy atom. The Morgan fingerprint density at radius 3 is 2.20 bits per heavy atom. The molecule has 0 aliphatic rings. The lowest BCUT2D eigenvalue weighted by Gasteiger charge is -2.28. The summed E-state index contributed by atoms with van der Waals surface area (Å²) in [7, 11) is 0. The van der Waals surface area contributed by atoms with Crippen molar-refractivity contribution in [1.29, 1.82) is 0 Å². The van der Waals surface area contributed by atoms with Crippen LogP contribution in [0.3, 0.4) is 0 Å². The number of benzene rings is 1. The van der Waals surface area contributed by atoms with E-state index in [2.05, 4.69) is 0 Å². The third kappa shape index (κ3) is 3.39. The van der Waals surface area contributed by atoms with Crippen LogP contribution >= 0.6 is 0 Å². The predicted octanol–water partition coefficient (Wildman–Crippen LogP) is 2.38. The minimum atomic E-state index is -0.216. The molecule has 0 fully saturated rings. The average Bonchev–Trinajstić information content (AvgIpc) is 2.13. The molecule has 0 aromatic heterocycles. The van der Waals surface area contributed by atoms with E-state index in [-0.39, 0.29) is 17.2 Å². The lowest BCUT2D eigenvalue weighted by atomic mass is 9.77. The van der Waals surface area contributed by atoms with E-state index in [0.717, 1.165) is 12.0 Å². The molecule has 1 aromatic carbocycles. The standard InChI is InChI=1S/C13H19NO/c1-13(2,3)11(12(14)15)9-10-7-5-4-6-8-10/h4-8,11H,9H2,1-3H3,(H2,14,15). The number of rotatable bonds is 3. The molecule has 2 N–H and O–H groups in total. The van der Waals surface area contributed by atoms with E-state index in [4.69, 9.17) is 5.73 Å². The second kappa shape index (κ2) is 4.47. The highest BCUT2D eigenvalue weighted by atomic mass is 16.1. The second-order valence-electron chi connectivity index (χ2n) is 5.01. The van der Waals surface area contributed by atoms with E-state index in [9.17, 15) is 4.79 Å². The van der Waals surface area contributed by atoms with Crippen molar-refractivity contribution in [2.75, 3.05) is 0 Å². The van der Waals surface area contributed by atoms with Crippen molar-refractivity contribution in [2.24, 2.45) is 17.1 Å². The summed E-state index contributed by atoms with van der Waals surface area (Å²) in [6, 6.07) is 10.00. The summed E-state index contributed by atoms with van der Waals surface area (Å²) in [4.78, 5) is 11.4. The zero-order valence-corrected chi connectivity index (χ0v) is 9.66. The van der Waals surface area contributed by atoms with Crippen LogP contribution in [0.4, 0.5) is 0 Å². The smallest absolute Gasteiger partial charge is 0.221 e. The third-order valence-electron chi connectivity index (χ3n) is 2.67. The van der Waals surface area contributed by atoms with Gasteiger partial charge in [0.2, 0.25) is 5.91 Å². The van der Waals surface area contributed by atoms with Crippen LogP contribution in [0.1, 0.15) is 26.3 Å². The molecule has 15 heavy (non-hydrogen) atoms. The Labute approximate surface area is 91.5 Å². The molecule has 0 radical (unpaired) electrons. The SMILES string of the molecule is CC(C)(C)C(Cc1ccccc1)C(N)=O. The van der Waals surface area contributed by atoms with Crippen LogP contribution in [0, 0.1) is 11.3 Å². The maximum absolute atomic E-state index is 11.4. The summed E-state index contributed by atoms with van der Waals surface area (Å²) in [6.45, 7) is 6.14. The van der Waals surface area contributed by atoms with Gasteiger partial charge in [0.25, 0.3) is 0 Å². The topological polar surface area (TPSA) is 43.1 Å². The van der Waals surface area contributed by atoms with Gasteiger partial charge in [-0.1, -0.05) is 51.1 Å². The molecule has 1 amide bonds. The molecular formula is C13H19NO. The number of carbonyl (C=O) groups excluding carboxylic acids is 1. The first-order valence-electron chi connectivity index (χ1n) is 5.24. The van der Waals surface area contributed by atoms with Gasteiger partial charge in [-0.3, -0.25) is 4.79 Å². The summed E-state index contributed by atoms with van der Waals surface area (Å²) < 4.78 is 0. The Hall–Kier alpha value is -1.31. The van der Waals surface area contributed by atoms with Crippen LogP contribution in [0.15, 0.2) is 30.3 Å².